The van der Waals surface area contributed by atoms with E-state index in [0.29, 0.717) is 31.3 Å². The third kappa shape index (κ3) is 8.45. The van der Waals surface area contributed by atoms with Crippen molar-refractivity contribution in [2.45, 2.75) is 83.3 Å². The molecule has 1 aliphatic rings. The number of carboxylic acids is 1. The SMILES string of the molecule is CCCCC[C@H](O)C/C=C1/C(=O)C[C@H](O)[C@H]1C/C=C\CCCC(=O)O. The molecule has 0 bridgehead atoms. The average Bonchev–Trinajstić information content (AvgIpc) is 2.82. The van der Waals surface area contributed by atoms with Crippen LogP contribution in [0.1, 0.15) is 71.1 Å². The van der Waals surface area contributed by atoms with Crippen molar-refractivity contribution in [3.05, 3.63) is 23.8 Å². The Balaban J connectivity index is 2.49. The molecule has 1 rings (SSSR count). The van der Waals surface area contributed by atoms with E-state index < -0.39 is 18.2 Å². The lowest BCUT2D eigenvalue weighted by molar-refractivity contribution is -0.137. The van der Waals surface area contributed by atoms with Crippen LogP contribution < -0.4 is 0 Å². The first-order chi connectivity index (χ1) is 12.0. The molecule has 0 heterocycles. The number of Topliss-reactive ketones (excluding diaryl/α,β-unsaturated/α-hetero) is 1. The number of hydrogen-bond acceptors (Lipinski definition) is 4. The Kier molecular flexibility index (Phi) is 10.3. The molecule has 0 aliphatic heterocycles. The zero-order valence-electron chi connectivity index (χ0n) is 15.2. The first kappa shape index (κ1) is 21.6. The number of aliphatic hydroxyl groups excluding tert-OH is 2. The smallest absolute Gasteiger partial charge is 0.303 e. The van der Waals surface area contributed by atoms with Gasteiger partial charge in [0.1, 0.15) is 0 Å². The molecule has 3 atom stereocenters. The highest BCUT2D eigenvalue weighted by molar-refractivity contribution is 5.98. The second-order valence-corrected chi connectivity index (χ2v) is 6.84. The summed E-state index contributed by atoms with van der Waals surface area (Å²) in [4.78, 5) is 22.5. The number of aliphatic carboxylic acids is 1. The van der Waals surface area contributed by atoms with E-state index in [2.05, 4.69) is 6.92 Å². The molecule has 5 nitrogen and oxygen atoms in total. The molecule has 0 aromatic carbocycles. The molecule has 0 radical (unpaired) electrons. The summed E-state index contributed by atoms with van der Waals surface area (Å²) in [7, 11) is 0. The van der Waals surface area contributed by atoms with Gasteiger partial charge in [-0.2, -0.15) is 0 Å². The molecule has 3 N–H and O–H groups in total. The third-order valence-electron chi connectivity index (χ3n) is 4.65. The summed E-state index contributed by atoms with van der Waals surface area (Å²) < 4.78 is 0. The fraction of sp³-hybridized carbons (Fsp3) is 0.700. The lowest BCUT2D eigenvalue weighted by Gasteiger charge is -2.14. The van der Waals surface area contributed by atoms with Crippen LogP contribution in [-0.2, 0) is 9.59 Å². The van der Waals surface area contributed by atoms with Gasteiger partial charge in [0.05, 0.1) is 12.2 Å². The maximum absolute atomic E-state index is 12.1. The van der Waals surface area contributed by atoms with Crippen LogP contribution in [0, 0.1) is 5.92 Å². The predicted molar refractivity (Wildman–Crippen MR) is 97.2 cm³/mol. The van der Waals surface area contributed by atoms with E-state index >= 15 is 0 Å². The first-order valence-corrected chi connectivity index (χ1v) is 9.41. The van der Waals surface area contributed by atoms with Crippen LogP contribution in [0.25, 0.3) is 0 Å². The molecule has 5 heteroatoms. The number of ketones is 1. The van der Waals surface area contributed by atoms with Gasteiger partial charge in [-0.15, -0.1) is 0 Å². The van der Waals surface area contributed by atoms with Gasteiger partial charge in [-0.3, -0.25) is 9.59 Å². The standard InChI is InChI=1S/C20H32O5/c1-2-3-6-9-15(21)12-13-17-16(18(22)14-19(17)23)10-7-4-5-8-11-20(24)25/h4,7,13,15-16,18,21-22H,2-3,5-6,8-12,14H2,1H3,(H,24,25)/b7-4-,17-13+/t15-,16-,18-/m0/s1. The fourth-order valence-electron chi connectivity index (χ4n) is 3.16. The Morgan fingerprint density at radius 1 is 1.28 bits per heavy atom. The second-order valence-electron chi connectivity index (χ2n) is 6.84. The summed E-state index contributed by atoms with van der Waals surface area (Å²) >= 11 is 0. The quantitative estimate of drug-likeness (QED) is 0.284. The maximum atomic E-state index is 12.1. The van der Waals surface area contributed by atoms with Crippen LogP contribution in [0.2, 0.25) is 0 Å². The molecule has 142 valence electrons. The van der Waals surface area contributed by atoms with E-state index in [1.54, 1.807) is 6.08 Å². The van der Waals surface area contributed by atoms with Gasteiger partial charge in [0.2, 0.25) is 0 Å². The van der Waals surface area contributed by atoms with Crippen molar-refractivity contribution < 1.29 is 24.9 Å². The van der Waals surface area contributed by atoms with E-state index in [-0.39, 0.29) is 24.5 Å². The van der Waals surface area contributed by atoms with Crippen LogP contribution in [0.3, 0.4) is 0 Å². The van der Waals surface area contributed by atoms with E-state index in [9.17, 15) is 19.8 Å². The Hall–Kier alpha value is -1.46. The Labute approximate surface area is 150 Å². The monoisotopic (exact) mass is 352 g/mol. The molecule has 0 aromatic heterocycles. The van der Waals surface area contributed by atoms with Crippen molar-refractivity contribution in [3.63, 3.8) is 0 Å². The Bertz CT molecular complexity index is 480. The number of allylic oxidation sites excluding steroid dienone is 2. The summed E-state index contributed by atoms with van der Waals surface area (Å²) in [5.41, 5.74) is 0.636. The summed E-state index contributed by atoms with van der Waals surface area (Å²) in [5, 5.41) is 28.7. The van der Waals surface area contributed by atoms with E-state index in [0.717, 1.165) is 25.7 Å². The van der Waals surface area contributed by atoms with Gasteiger partial charge in [-0.05, 0) is 37.7 Å². The minimum Gasteiger partial charge on any atom is -0.481 e. The topological polar surface area (TPSA) is 94.8 Å². The number of hydrogen-bond donors (Lipinski definition) is 3. The van der Waals surface area contributed by atoms with Crippen LogP contribution in [0.4, 0.5) is 0 Å². The first-order valence-electron chi connectivity index (χ1n) is 9.41. The van der Waals surface area contributed by atoms with Gasteiger partial charge in [-0.25, -0.2) is 0 Å². The van der Waals surface area contributed by atoms with Crippen LogP contribution in [0.15, 0.2) is 23.8 Å². The Morgan fingerprint density at radius 2 is 2.04 bits per heavy atom. The van der Waals surface area contributed by atoms with Gasteiger partial charge in [-0.1, -0.05) is 44.4 Å². The molecule has 1 saturated carbocycles. The normalized spacial score (nSPS) is 23.6. The predicted octanol–water partition coefficient (Wildman–Crippen LogP) is 3.40. The van der Waals surface area contributed by atoms with E-state index in [1.165, 1.54) is 0 Å². The van der Waals surface area contributed by atoms with Crippen molar-refractivity contribution in [1.29, 1.82) is 0 Å². The number of unbranched alkanes of at least 4 members (excludes halogenated alkanes) is 3. The maximum Gasteiger partial charge on any atom is 0.303 e. The summed E-state index contributed by atoms with van der Waals surface area (Å²) in [6.45, 7) is 2.12. The lowest BCUT2D eigenvalue weighted by Crippen LogP contribution is -2.14. The number of carboxylic acid groups (broad SMARTS) is 1. The van der Waals surface area contributed by atoms with Crippen LogP contribution >= 0.6 is 0 Å². The number of carbonyl (C=O) groups is 2. The van der Waals surface area contributed by atoms with E-state index in [1.807, 2.05) is 12.2 Å². The summed E-state index contributed by atoms with van der Waals surface area (Å²) in [6, 6.07) is 0. The van der Waals surface area contributed by atoms with Gasteiger partial charge in [0.15, 0.2) is 5.78 Å². The van der Waals surface area contributed by atoms with Crippen molar-refractivity contribution in [2.24, 2.45) is 5.92 Å². The zero-order valence-corrected chi connectivity index (χ0v) is 15.2. The molecule has 0 amide bonds. The minimum atomic E-state index is -0.798. The fourth-order valence-corrected chi connectivity index (χ4v) is 3.16. The van der Waals surface area contributed by atoms with Crippen molar-refractivity contribution >= 4 is 11.8 Å². The molecule has 0 saturated heterocycles. The highest BCUT2D eigenvalue weighted by Crippen LogP contribution is 2.32. The van der Waals surface area contributed by atoms with Gasteiger partial charge >= 0.3 is 5.97 Å². The molecule has 25 heavy (non-hydrogen) atoms. The average molecular weight is 352 g/mol. The molecular formula is C20H32O5. The number of carbonyl (C=O) groups excluding carboxylic acids is 1. The lowest BCUT2D eigenvalue weighted by atomic mass is 9.94. The van der Waals surface area contributed by atoms with Crippen molar-refractivity contribution in [1.82, 2.24) is 0 Å². The highest BCUT2D eigenvalue weighted by atomic mass is 16.4. The molecule has 0 unspecified atom stereocenters. The molecule has 1 fully saturated rings. The number of rotatable bonds is 12. The molecule has 1 aliphatic carbocycles. The number of aliphatic hydroxyl groups is 2. The Morgan fingerprint density at radius 3 is 2.72 bits per heavy atom. The van der Waals surface area contributed by atoms with Crippen LogP contribution in [0.5, 0.6) is 0 Å². The summed E-state index contributed by atoms with van der Waals surface area (Å²) in [6.07, 6.45) is 11.1. The minimum absolute atomic E-state index is 0.0301. The second kappa shape index (κ2) is 12.0. The van der Waals surface area contributed by atoms with Gasteiger partial charge < -0.3 is 15.3 Å². The van der Waals surface area contributed by atoms with Crippen molar-refractivity contribution in [3.8, 4) is 0 Å². The van der Waals surface area contributed by atoms with Crippen LogP contribution in [-0.4, -0.2) is 39.3 Å². The molecule has 0 spiro atoms. The third-order valence-corrected chi connectivity index (χ3v) is 4.65. The summed E-state index contributed by atoms with van der Waals surface area (Å²) in [5.74, 6) is -1.04. The molecular weight excluding hydrogens is 320 g/mol. The van der Waals surface area contributed by atoms with E-state index in [4.69, 9.17) is 5.11 Å². The van der Waals surface area contributed by atoms with Crippen molar-refractivity contribution in [2.75, 3.05) is 0 Å². The largest absolute Gasteiger partial charge is 0.481 e. The highest BCUT2D eigenvalue weighted by Gasteiger charge is 2.35. The van der Waals surface area contributed by atoms with Gasteiger partial charge in [0, 0.05) is 18.8 Å². The zero-order chi connectivity index (χ0) is 18.7. The van der Waals surface area contributed by atoms with Gasteiger partial charge in [0.25, 0.3) is 0 Å². The molecule has 0 aromatic rings.